The third-order valence-electron chi connectivity index (χ3n) is 2.96. The number of nitrogens with zero attached hydrogens (tertiary/aromatic N) is 1. The van der Waals surface area contributed by atoms with Crippen LogP contribution in [0.15, 0.2) is 0 Å². The average Bonchev–Trinajstić information content (AvgIpc) is 2.20. The van der Waals surface area contributed by atoms with Crippen molar-refractivity contribution < 1.29 is 9.53 Å². The summed E-state index contributed by atoms with van der Waals surface area (Å²) in [4.78, 5) is 14.2. The van der Waals surface area contributed by atoms with Gasteiger partial charge in [0, 0.05) is 13.1 Å². The number of thioether (sulfide) groups is 1. The molecule has 0 unspecified atom stereocenters. The molecule has 0 radical (unpaired) electrons. The van der Waals surface area contributed by atoms with Crippen molar-refractivity contribution in [2.24, 2.45) is 5.73 Å². The SMILES string of the molecule is CSCC[C@@H](N)C(=O)N1CC(C)(C)OC(C)(C)C1. The summed E-state index contributed by atoms with van der Waals surface area (Å²) in [7, 11) is 0. The quantitative estimate of drug-likeness (QED) is 0.844. The van der Waals surface area contributed by atoms with E-state index in [1.165, 1.54) is 0 Å². The third kappa shape index (κ3) is 4.44. The number of ether oxygens (including phenoxy) is 1. The van der Waals surface area contributed by atoms with Crippen LogP contribution in [0.1, 0.15) is 34.1 Å². The zero-order valence-electron chi connectivity index (χ0n) is 12.2. The second-order valence-electron chi connectivity index (χ2n) is 6.20. The topological polar surface area (TPSA) is 55.6 Å². The van der Waals surface area contributed by atoms with E-state index in [2.05, 4.69) is 0 Å². The van der Waals surface area contributed by atoms with Gasteiger partial charge < -0.3 is 15.4 Å². The Morgan fingerprint density at radius 2 is 1.83 bits per heavy atom. The van der Waals surface area contributed by atoms with Gasteiger partial charge in [0.25, 0.3) is 0 Å². The van der Waals surface area contributed by atoms with Gasteiger partial charge in [0.2, 0.25) is 5.91 Å². The molecule has 4 nitrogen and oxygen atoms in total. The highest BCUT2D eigenvalue weighted by Crippen LogP contribution is 2.28. The summed E-state index contributed by atoms with van der Waals surface area (Å²) >= 11 is 1.72. The van der Waals surface area contributed by atoms with Crippen molar-refractivity contribution in [1.82, 2.24) is 4.90 Å². The van der Waals surface area contributed by atoms with Gasteiger partial charge in [0.05, 0.1) is 17.2 Å². The van der Waals surface area contributed by atoms with E-state index >= 15 is 0 Å². The number of hydrogen-bond acceptors (Lipinski definition) is 4. The molecule has 106 valence electrons. The second-order valence-corrected chi connectivity index (χ2v) is 7.19. The van der Waals surface area contributed by atoms with E-state index in [0.29, 0.717) is 13.1 Å². The van der Waals surface area contributed by atoms with Crippen LogP contribution in [0.5, 0.6) is 0 Å². The number of amides is 1. The molecule has 0 aromatic rings. The predicted octanol–water partition coefficient (Wildman–Crippen LogP) is 1.48. The fraction of sp³-hybridized carbons (Fsp3) is 0.923. The van der Waals surface area contributed by atoms with Gasteiger partial charge in [0.15, 0.2) is 0 Å². The number of carbonyl (C=O) groups excluding carboxylic acids is 1. The van der Waals surface area contributed by atoms with Crippen LogP contribution in [-0.2, 0) is 9.53 Å². The molecule has 0 spiro atoms. The van der Waals surface area contributed by atoms with Crippen molar-refractivity contribution >= 4 is 17.7 Å². The summed E-state index contributed by atoms with van der Waals surface area (Å²) in [6.07, 6.45) is 2.76. The van der Waals surface area contributed by atoms with Crippen molar-refractivity contribution in [2.75, 3.05) is 25.1 Å². The van der Waals surface area contributed by atoms with Crippen LogP contribution in [-0.4, -0.2) is 53.1 Å². The number of hydrogen-bond donors (Lipinski definition) is 1. The van der Waals surface area contributed by atoms with Crippen LogP contribution in [0, 0.1) is 0 Å². The molecule has 5 heteroatoms. The Morgan fingerprint density at radius 3 is 2.28 bits per heavy atom. The zero-order valence-corrected chi connectivity index (χ0v) is 13.0. The number of carbonyl (C=O) groups is 1. The van der Waals surface area contributed by atoms with Crippen LogP contribution >= 0.6 is 11.8 Å². The van der Waals surface area contributed by atoms with Gasteiger partial charge in [-0.3, -0.25) is 4.79 Å². The summed E-state index contributed by atoms with van der Waals surface area (Å²) in [6.45, 7) is 9.29. The molecule has 0 aliphatic carbocycles. The molecule has 1 heterocycles. The summed E-state index contributed by atoms with van der Waals surface area (Å²) in [5.41, 5.74) is 5.35. The predicted molar refractivity (Wildman–Crippen MR) is 76.8 cm³/mol. The number of morpholine rings is 1. The Hall–Kier alpha value is -0.260. The van der Waals surface area contributed by atoms with Crippen molar-refractivity contribution in [2.45, 2.75) is 51.4 Å². The molecule has 1 fully saturated rings. The minimum atomic E-state index is -0.387. The molecule has 0 bridgehead atoms. The first-order valence-corrected chi connectivity index (χ1v) is 7.80. The van der Waals surface area contributed by atoms with E-state index in [4.69, 9.17) is 10.5 Å². The third-order valence-corrected chi connectivity index (χ3v) is 3.60. The highest BCUT2D eigenvalue weighted by atomic mass is 32.2. The first-order valence-electron chi connectivity index (χ1n) is 6.40. The molecule has 1 aliphatic heterocycles. The molecule has 1 rings (SSSR count). The maximum atomic E-state index is 12.3. The smallest absolute Gasteiger partial charge is 0.239 e. The van der Waals surface area contributed by atoms with Crippen LogP contribution in [0.25, 0.3) is 0 Å². The van der Waals surface area contributed by atoms with Gasteiger partial charge in [-0.2, -0.15) is 11.8 Å². The fourth-order valence-corrected chi connectivity index (χ4v) is 3.04. The molecule has 1 aliphatic rings. The monoisotopic (exact) mass is 274 g/mol. The second kappa shape index (κ2) is 5.80. The molecule has 18 heavy (non-hydrogen) atoms. The number of rotatable bonds is 4. The Balaban J connectivity index is 2.67. The summed E-state index contributed by atoms with van der Waals surface area (Å²) in [5, 5.41) is 0. The van der Waals surface area contributed by atoms with Crippen LogP contribution in [0.2, 0.25) is 0 Å². The van der Waals surface area contributed by atoms with E-state index < -0.39 is 0 Å². The van der Waals surface area contributed by atoms with Gasteiger partial charge in [-0.1, -0.05) is 0 Å². The summed E-state index contributed by atoms with van der Waals surface area (Å²) in [5.74, 6) is 0.970. The van der Waals surface area contributed by atoms with Crippen LogP contribution in [0.3, 0.4) is 0 Å². The minimum Gasteiger partial charge on any atom is -0.366 e. The lowest BCUT2D eigenvalue weighted by Gasteiger charge is -2.47. The Bertz CT molecular complexity index is 289. The van der Waals surface area contributed by atoms with E-state index in [-0.39, 0.29) is 23.2 Å². The van der Waals surface area contributed by atoms with Gasteiger partial charge >= 0.3 is 0 Å². The average molecular weight is 274 g/mol. The first kappa shape index (κ1) is 15.8. The molecule has 1 atom stereocenters. The van der Waals surface area contributed by atoms with Crippen molar-refractivity contribution in [1.29, 1.82) is 0 Å². The highest BCUT2D eigenvalue weighted by Gasteiger charge is 2.40. The maximum Gasteiger partial charge on any atom is 0.239 e. The minimum absolute atomic E-state index is 0.0495. The molecule has 0 aromatic heterocycles. The van der Waals surface area contributed by atoms with Gasteiger partial charge in [-0.05, 0) is 46.1 Å². The lowest BCUT2D eigenvalue weighted by atomic mass is 9.98. The van der Waals surface area contributed by atoms with Crippen LogP contribution < -0.4 is 5.73 Å². The van der Waals surface area contributed by atoms with E-state index in [1.54, 1.807) is 11.8 Å². The van der Waals surface area contributed by atoms with E-state index in [9.17, 15) is 4.79 Å². The molecular formula is C13H26N2O2S. The van der Waals surface area contributed by atoms with E-state index in [0.717, 1.165) is 12.2 Å². The highest BCUT2D eigenvalue weighted by molar-refractivity contribution is 7.98. The first-order chi connectivity index (χ1) is 8.17. The Labute approximate surface area is 115 Å². The van der Waals surface area contributed by atoms with Crippen molar-refractivity contribution in [3.63, 3.8) is 0 Å². The summed E-state index contributed by atoms with van der Waals surface area (Å²) in [6, 6.07) is -0.387. The standard InChI is InChI=1S/C13H26N2O2S/c1-12(2)8-15(9-13(3,4)17-12)11(16)10(14)6-7-18-5/h10H,6-9,14H2,1-5H3/t10-/m1/s1. The van der Waals surface area contributed by atoms with Crippen LogP contribution in [0.4, 0.5) is 0 Å². The van der Waals surface area contributed by atoms with Gasteiger partial charge in [0.1, 0.15) is 0 Å². The molecule has 1 amide bonds. The van der Waals surface area contributed by atoms with Gasteiger partial charge in [-0.25, -0.2) is 0 Å². The number of nitrogens with two attached hydrogens (primary N) is 1. The summed E-state index contributed by atoms with van der Waals surface area (Å²) < 4.78 is 5.96. The lowest BCUT2D eigenvalue weighted by Crippen LogP contribution is -2.61. The Kier molecular flexibility index (Phi) is 5.09. The van der Waals surface area contributed by atoms with Crippen molar-refractivity contribution in [3.8, 4) is 0 Å². The van der Waals surface area contributed by atoms with E-state index in [1.807, 2.05) is 38.9 Å². The zero-order chi connectivity index (χ0) is 14.0. The molecule has 0 saturated carbocycles. The van der Waals surface area contributed by atoms with Gasteiger partial charge in [-0.15, -0.1) is 0 Å². The normalized spacial score (nSPS) is 23.8. The molecular weight excluding hydrogens is 248 g/mol. The molecule has 2 N–H and O–H groups in total. The Morgan fingerprint density at radius 1 is 1.33 bits per heavy atom. The fourth-order valence-electron chi connectivity index (χ4n) is 2.55. The molecule has 1 saturated heterocycles. The molecule has 0 aromatic carbocycles. The lowest BCUT2D eigenvalue weighted by molar-refractivity contribution is -0.188. The maximum absolute atomic E-state index is 12.3. The van der Waals surface area contributed by atoms with Crippen molar-refractivity contribution in [3.05, 3.63) is 0 Å². The largest absolute Gasteiger partial charge is 0.366 e.